The molecule has 2 heterocycles. The Labute approximate surface area is 116 Å². The van der Waals surface area contributed by atoms with Crippen molar-refractivity contribution >= 4 is 48.6 Å². The lowest BCUT2D eigenvalue weighted by molar-refractivity contribution is 1.35. The van der Waals surface area contributed by atoms with Crippen molar-refractivity contribution in [3.8, 4) is 0 Å². The summed E-state index contributed by atoms with van der Waals surface area (Å²) in [6, 6.07) is 13.7. The standard InChI is InChI=1S/C15H9BrN2O/c16-8-5-6-12-10(7-8)13-14(17-12)9-3-1-2-4-11(9)18-15(13)19/h1-7,17H,(H,18,19). The number of hydrogen-bond donors (Lipinski definition) is 2. The van der Waals surface area contributed by atoms with Gasteiger partial charge in [-0.25, -0.2) is 0 Å². The van der Waals surface area contributed by atoms with Crippen molar-refractivity contribution in [2.45, 2.75) is 0 Å². The number of aromatic amines is 2. The van der Waals surface area contributed by atoms with E-state index >= 15 is 0 Å². The molecule has 0 atom stereocenters. The number of benzene rings is 2. The average Bonchev–Trinajstić information content (AvgIpc) is 2.78. The Balaban J connectivity index is 2.38. The summed E-state index contributed by atoms with van der Waals surface area (Å²) in [5.74, 6) is 0. The van der Waals surface area contributed by atoms with Gasteiger partial charge in [-0.2, -0.15) is 0 Å². The maximum Gasteiger partial charge on any atom is 0.258 e. The van der Waals surface area contributed by atoms with E-state index in [0.717, 1.165) is 37.2 Å². The number of H-pyrrole nitrogens is 2. The van der Waals surface area contributed by atoms with Crippen molar-refractivity contribution < 1.29 is 0 Å². The summed E-state index contributed by atoms with van der Waals surface area (Å²) in [5, 5.41) is 2.69. The van der Waals surface area contributed by atoms with Crippen LogP contribution in [0.15, 0.2) is 51.7 Å². The summed E-state index contributed by atoms with van der Waals surface area (Å²) in [5.41, 5.74) is 2.66. The highest BCUT2D eigenvalue weighted by Crippen LogP contribution is 2.29. The Morgan fingerprint density at radius 1 is 0.895 bits per heavy atom. The van der Waals surface area contributed by atoms with Gasteiger partial charge < -0.3 is 9.97 Å². The van der Waals surface area contributed by atoms with E-state index in [0.29, 0.717) is 0 Å². The predicted molar refractivity (Wildman–Crippen MR) is 81.6 cm³/mol. The second-order valence-electron chi connectivity index (χ2n) is 4.56. The minimum atomic E-state index is -0.0574. The molecule has 0 fully saturated rings. The van der Waals surface area contributed by atoms with Crippen LogP contribution in [0.2, 0.25) is 0 Å². The summed E-state index contributed by atoms with van der Waals surface area (Å²) in [7, 11) is 0. The van der Waals surface area contributed by atoms with Crippen LogP contribution in [0, 0.1) is 0 Å². The van der Waals surface area contributed by atoms with E-state index in [1.807, 2.05) is 42.5 Å². The number of halogens is 1. The smallest absolute Gasteiger partial charge is 0.258 e. The number of nitrogens with one attached hydrogen (secondary N) is 2. The summed E-state index contributed by atoms with van der Waals surface area (Å²) in [6.07, 6.45) is 0. The Hall–Kier alpha value is -2.07. The van der Waals surface area contributed by atoms with Crippen molar-refractivity contribution in [3.05, 3.63) is 57.3 Å². The molecule has 4 aromatic rings. The van der Waals surface area contributed by atoms with Gasteiger partial charge >= 0.3 is 0 Å². The third-order valence-corrected chi connectivity index (χ3v) is 3.93. The highest BCUT2D eigenvalue weighted by molar-refractivity contribution is 9.10. The van der Waals surface area contributed by atoms with Crippen LogP contribution < -0.4 is 5.56 Å². The number of pyridine rings is 1. The van der Waals surface area contributed by atoms with E-state index in [4.69, 9.17) is 0 Å². The highest BCUT2D eigenvalue weighted by Gasteiger charge is 2.11. The zero-order valence-electron chi connectivity index (χ0n) is 9.83. The minimum Gasteiger partial charge on any atom is -0.354 e. The summed E-state index contributed by atoms with van der Waals surface area (Å²) in [6.45, 7) is 0. The van der Waals surface area contributed by atoms with Crippen LogP contribution in [0.3, 0.4) is 0 Å². The first kappa shape index (κ1) is 10.8. The van der Waals surface area contributed by atoms with Crippen molar-refractivity contribution in [1.82, 2.24) is 9.97 Å². The van der Waals surface area contributed by atoms with E-state index in [2.05, 4.69) is 25.9 Å². The molecule has 3 nitrogen and oxygen atoms in total. The van der Waals surface area contributed by atoms with Crippen LogP contribution in [-0.2, 0) is 0 Å². The van der Waals surface area contributed by atoms with E-state index < -0.39 is 0 Å². The molecule has 0 amide bonds. The third kappa shape index (κ3) is 1.47. The molecule has 0 aliphatic carbocycles. The first-order valence-corrected chi connectivity index (χ1v) is 6.75. The molecule has 0 saturated carbocycles. The van der Waals surface area contributed by atoms with Crippen LogP contribution in [0.25, 0.3) is 32.7 Å². The summed E-state index contributed by atoms with van der Waals surface area (Å²) >= 11 is 3.45. The fourth-order valence-electron chi connectivity index (χ4n) is 2.60. The number of aromatic nitrogens is 2. The van der Waals surface area contributed by atoms with Crippen molar-refractivity contribution in [1.29, 1.82) is 0 Å². The van der Waals surface area contributed by atoms with Gasteiger partial charge in [-0.1, -0.05) is 34.1 Å². The third-order valence-electron chi connectivity index (χ3n) is 3.43. The van der Waals surface area contributed by atoms with Crippen molar-refractivity contribution in [2.24, 2.45) is 0 Å². The molecule has 0 radical (unpaired) electrons. The van der Waals surface area contributed by atoms with Crippen molar-refractivity contribution in [2.75, 3.05) is 0 Å². The summed E-state index contributed by atoms with van der Waals surface area (Å²) < 4.78 is 0.966. The predicted octanol–water partition coefficient (Wildman–Crippen LogP) is 3.93. The van der Waals surface area contributed by atoms with Gasteiger partial charge in [0.05, 0.1) is 16.4 Å². The zero-order valence-corrected chi connectivity index (χ0v) is 11.4. The lowest BCUT2D eigenvalue weighted by Gasteiger charge is -1.98. The van der Waals surface area contributed by atoms with Crippen LogP contribution in [-0.4, -0.2) is 9.97 Å². The molecule has 4 rings (SSSR count). The Morgan fingerprint density at radius 2 is 1.68 bits per heavy atom. The molecule has 2 aromatic carbocycles. The Kier molecular flexibility index (Phi) is 2.11. The van der Waals surface area contributed by atoms with Crippen molar-refractivity contribution in [3.63, 3.8) is 0 Å². The summed E-state index contributed by atoms with van der Waals surface area (Å²) in [4.78, 5) is 18.6. The second kappa shape index (κ2) is 3.71. The Morgan fingerprint density at radius 3 is 2.58 bits per heavy atom. The number of para-hydroxylation sites is 1. The average molecular weight is 313 g/mol. The van der Waals surface area contributed by atoms with E-state index in [1.54, 1.807) is 0 Å². The number of fused-ring (bicyclic) bond motifs is 5. The van der Waals surface area contributed by atoms with Crippen LogP contribution in [0.4, 0.5) is 0 Å². The van der Waals surface area contributed by atoms with Crippen LogP contribution in [0.1, 0.15) is 0 Å². The SMILES string of the molecule is O=c1[nH]c2ccccc2c2[nH]c3ccc(Br)cc3c12. The highest BCUT2D eigenvalue weighted by atomic mass is 79.9. The molecule has 92 valence electrons. The molecule has 0 bridgehead atoms. The van der Waals surface area contributed by atoms with Gasteiger partial charge in [-0.3, -0.25) is 4.79 Å². The van der Waals surface area contributed by atoms with Gasteiger partial charge in [-0.15, -0.1) is 0 Å². The topological polar surface area (TPSA) is 48.6 Å². The lowest BCUT2D eigenvalue weighted by Crippen LogP contribution is -2.05. The minimum absolute atomic E-state index is 0.0574. The van der Waals surface area contributed by atoms with Gasteiger partial charge in [-0.05, 0) is 24.3 Å². The fraction of sp³-hybridized carbons (Fsp3) is 0. The molecular weight excluding hydrogens is 304 g/mol. The van der Waals surface area contributed by atoms with Gasteiger partial charge in [0, 0.05) is 20.8 Å². The second-order valence-corrected chi connectivity index (χ2v) is 5.48. The monoisotopic (exact) mass is 312 g/mol. The Bertz CT molecular complexity index is 997. The quantitative estimate of drug-likeness (QED) is 0.508. The number of rotatable bonds is 0. The maximum absolute atomic E-state index is 12.3. The number of hydrogen-bond acceptors (Lipinski definition) is 1. The molecule has 2 aromatic heterocycles. The van der Waals surface area contributed by atoms with Crippen LogP contribution in [0.5, 0.6) is 0 Å². The molecule has 0 saturated heterocycles. The first-order valence-electron chi connectivity index (χ1n) is 5.96. The maximum atomic E-state index is 12.3. The van der Waals surface area contributed by atoms with E-state index in [1.165, 1.54) is 0 Å². The van der Waals surface area contributed by atoms with Crippen LogP contribution >= 0.6 is 15.9 Å². The van der Waals surface area contributed by atoms with Gasteiger partial charge in [0.15, 0.2) is 0 Å². The fourth-order valence-corrected chi connectivity index (χ4v) is 2.96. The van der Waals surface area contributed by atoms with Gasteiger partial charge in [0.2, 0.25) is 0 Å². The molecular formula is C15H9BrN2O. The van der Waals surface area contributed by atoms with Gasteiger partial charge in [0.25, 0.3) is 5.56 Å². The largest absolute Gasteiger partial charge is 0.354 e. The molecule has 0 spiro atoms. The molecule has 0 unspecified atom stereocenters. The molecule has 4 heteroatoms. The molecule has 0 aliphatic heterocycles. The van der Waals surface area contributed by atoms with Gasteiger partial charge in [0.1, 0.15) is 0 Å². The van der Waals surface area contributed by atoms with E-state index in [-0.39, 0.29) is 5.56 Å². The van der Waals surface area contributed by atoms with E-state index in [9.17, 15) is 4.79 Å². The normalized spacial score (nSPS) is 11.6. The first-order chi connectivity index (χ1) is 9.24. The molecule has 19 heavy (non-hydrogen) atoms. The molecule has 0 aliphatic rings. The molecule has 2 N–H and O–H groups in total. The lowest BCUT2D eigenvalue weighted by atomic mass is 10.1. The zero-order chi connectivity index (χ0) is 13.0.